The van der Waals surface area contributed by atoms with Crippen molar-refractivity contribution in [1.82, 2.24) is 4.90 Å². The van der Waals surface area contributed by atoms with E-state index < -0.39 is 0 Å². The maximum atomic E-state index is 5.79. The average molecular weight is 268 g/mol. The Labute approximate surface area is 122 Å². The van der Waals surface area contributed by atoms with Gasteiger partial charge in [0.25, 0.3) is 0 Å². The summed E-state index contributed by atoms with van der Waals surface area (Å²) in [6.07, 6.45) is 3.39. The van der Waals surface area contributed by atoms with Crippen molar-refractivity contribution in [1.29, 1.82) is 0 Å². The number of aryl methyl sites for hydroxylation is 1. The summed E-state index contributed by atoms with van der Waals surface area (Å²) in [5, 5.41) is 0. The molecule has 0 atom stereocenters. The van der Waals surface area contributed by atoms with Crippen LogP contribution in [0.15, 0.2) is 54.6 Å². The molecule has 0 amide bonds. The number of nitrogen functional groups attached to an aromatic ring is 1. The standard InChI is InChI=1S/C18H24N2/c1-20(14-12-16-7-3-2-4-8-16)13-6-10-17-9-5-11-18(19)15-17/h2-5,7-9,11,15H,6,10,12-14,19H2,1H3. The van der Waals surface area contributed by atoms with Gasteiger partial charge in [-0.3, -0.25) is 0 Å². The second kappa shape index (κ2) is 7.71. The molecular formula is C18H24N2. The number of likely N-dealkylation sites (N-methyl/N-ethyl adjacent to an activating group) is 1. The van der Waals surface area contributed by atoms with Gasteiger partial charge in [0.05, 0.1) is 0 Å². The van der Waals surface area contributed by atoms with E-state index in [9.17, 15) is 0 Å². The molecule has 0 heterocycles. The van der Waals surface area contributed by atoms with Gasteiger partial charge in [-0.05, 0) is 56.1 Å². The van der Waals surface area contributed by atoms with Gasteiger partial charge in [-0.25, -0.2) is 0 Å². The van der Waals surface area contributed by atoms with Gasteiger partial charge in [-0.15, -0.1) is 0 Å². The van der Waals surface area contributed by atoms with Crippen molar-refractivity contribution in [2.75, 3.05) is 25.9 Å². The van der Waals surface area contributed by atoms with E-state index in [1.165, 1.54) is 17.5 Å². The van der Waals surface area contributed by atoms with Crippen molar-refractivity contribution >= 4 is 5.69 Å². The Bertz CT molecular complexity index is 508. The van der Waals surface area contributed by atoms with E-state index in [1.54, 1.807) is 0 Å². The maximum absolute atomic E-state index is 5.79. The molecule has 0 aromatic heterocycles. The predicted octanol–water partition coefficient (Wildman–Crippen LogP) is 3.38. The molecule has 0 radical (unpaired) electrons. The van der Waals surface area contributed by atoms with E-state index >= 15 is 0 Å². The second-order valence-electron chi connectivity index (χ2n) is 5.39. The van der Waals surface area contributed by atoms with Crippen LogP contribution >= 0.6 is 0 Å². The van der Waals surface area contributed by atoms with E-state index in [-0.39, 0.29) is 0 Å². The highest BCUT2D eigenvalue weighted by Gasteiger charge is 2.00. The number of benzene rings is 2. The van der Waals surface area contributed by atoms with Crippen molar-refractivity contribution in [3.8, 4) is 0 Å². The van der Waals surface area contributed by atoms with Crippen LogP contribution in [-0.2, 0) is 12.8 Å². The number of hydrogen-bond acceptors (Lipinski definition) is 2. The van der Waals surface area contributed by atoms with E-state index in [4.69, 9.17) is 5.73 Å². The monoisotopic (exact) mass is 268 g/mol. The van der Waals surface area contributed by atoms with Crippen LogP contribution in [0.4, 0.5) is 5.69 Å². The molecule has 2 heteroatoms. The van der Waals surface area contributed by atoms with Gasteiger partial charge < -0.3 is 10.6 Å². The summed E-state index contributed by atoms with van der Waals surface area (Å²) in [5.74, 6) is 0. The lowest BCUT2D eigenvalue weighted by atomic mass is 10.1. The third-order valence-electron chi connectivity index (χ3n) is 3.58. The van der Waals surface area contributed by atoms with Crippen LogP contribution in [0.2, 0.25) is 0 Å². The van der Waals surface area contributed by atoms with E-state index in [2.05, 4.69) is 54.4 Å². The molecule has 0 aliphatic carbocycles. The molecule has 20 heavy (non-hydrogen) atoms. The summed E-state index contributed by atoms with van der Waals surface area (Å²) in [7, 11) is 2.20. The Morgan fingerprint density at radius 1 is 0.850 bits per heavy atom. The Kier molecular flexibility index (Phi) is 5.63. The van der Waals surface area contributed by atoms with Gasteiger partial charge in [0.2, 0.25) is 0 Å². The zero-order valence-electron chi connectivity index (χ0n) is 12.3. The first-order chi connectivity index (χ1) is 9.74. The summed E-state index contributed by atoms with van der Waals surface area (Å²) >= 11 is 0. The minimum atomic E-state index is 0.861. The summed E-state index contributed by atoms with van der Waals surface area (Å²) in [6, 6.07) is 18.9. The molecule has 0 spiro atoms. The first kappa shape index (κ1) is 14.6. The van der Waals surface area contributed by atoms with E-state index in [1.807, 2.05) is 12.1 Å². The average Bonchev–Trinajstić information content (AvgIpc) is 2.46. The molecule has 0 saturated carbocycles. The Morgan fingerprint density at radius 2 is 1.60 bits per heavy atom. The van der Waals surface area contributed by atoms with Gasteiger partial charge in [0.1, 0.15) is 0 Å². The molecule has 2 nitrogen and oxygen atoms in total. The fraction of sp³-hybridized carbons (Fsp3) is 0.333. The first-order valence-corrected chi connectivity index (χ1v) is 7.31. The van der Waals surface area contributed by atoms with E-state index in [0.29, 0.717) is 0 Å². The zero-order valence-corrected chi connectivity index (χ0v) is 12.3. The Balaban J connectivity index is 1.66. The smallest absolute Gasteiger partial charge is 0.0316 e. The largest absolute Gasteiger partial charge is 0.399 e. The highest BCUT2D eigenvalue weighted by Crippen LogP contribution is 2.09. The molecule has 106 valence electrons. The molecule has 0 saturated heterocycles. The quantitative estimate of drug-likeness (QED) is 0.780. The lowest BCUT2D eigenvalue weighted by Gasteiger charge is -2.16. The fourth-order valence-corrected chi connectivity index (χ4v) is 2.38. The van der Waals surface area contributed by atoms with Gasteiger partial charge in [-0.2, -0.15) is 0 Å². The predicted molar refractivity (Wildman–Crippen MR) is 86.8 cm³/mol. The minimum Gasteiger partial charge on any atom is -0.399 e. The van der Waals surface area contributed by atoms with Crippen LogP contribution in [0, 0.1) is 0 Å². The normalized spacial score (nSPS) is 10.9. The molecule has 0 unspecified atom stereocenters. The Hall–Kier alpha value is -1.80. The zero-order chi connectivity index (χ0) is 14.2. The number of hydrogen-bond donors (Lipinski definition) is 1. The summed E-state index contributed by atoms with van der Waals surface area (Å²) in [4.78, 5) is 2.40. The van der Waals surface area contributed by atoms with Gasteiger partial charge >= 0.3 is 0 Å². The highest BCUT2D eigenvalue weighted by atomic mass is 15.1. The van der Waals surface area contributed by atoms with Crippen LogP contribution < -0.4 is 5.73 Å². The summed E-state index contributed by atoms with van der Waals surface area (Å²) in [6.45, 7) is 2.24. The molecule has 2 N–H and O–H groups in total. The highest BCUT2D eigenvalue weighted by molar-refractivity contribution is 5.40. The number of nitrogens with two attached hydrogens (primary N) is 1. The van der Waals surface area contributed by atoms with Gasteiger partial charge in [-0.1, -0.05) is 42.5 Å². The molecule has 2 aromatic rings. The fourth-order valence-electron chi connectivity index (χ4n) is 2.38. The van der Waals surface area contributed by atoms with Crippen LogP contribution in [0.25, 0.3) is 0 Å². The van der Waals surface area contributed by atoms with Gasteiger partial charge in [0.15, 0.2) is 0 Å². The molecule has 0 bridgehead atoms. The molecule has 2 aromatic carbocycles. The number of anilines is 1. The summed E-state index contributed by atoms with van der Waals surface area (Å²) in [5.41, 5.74) is 9.40. The molecular weight excluding hydrogens is 244 g/mol. The molecule has 0 aliphatic heterocycles. The SMILES string of the molecule is CN(CCCc1cccc(N)c1)CCc1ccccc1. The van der Waals surface area contributed by atoms with Crippen LogP contribution in [0.1, 0.15) is 17.5 Å². The Morgan fingerprint density at radius 3 is 2.35 bits per heavy atom. The van der Waals surface area contributed by atoms with Crippen LogP contribution in [0.5, 0.6) is 0 Å². The van der Waals surface area contributed by atoms with Crippen LogP contribution in [-0.4, -0.2) is 25.0 Å². The third-order valence-corrected chi connectivity index (χ3v) is 3.58. The minimum absolute atomic E-state index is 0.861. The molecule has 0 aliphatic rings. The summed E-state index contributed by atoms with van der Waals surface area (Å²) < 4.78 is 0. The topological polar surface area (TPSA) is 29.3 Å². The van der Waals surface area contributed by atoms with Crippen molar-refractivity contribution in [2.24, 2.45) is 0 Å². The van der Waals surface area contributed by atoms with Crippen molar-refractivity contribution in [3.05, 3.63) is 65.7 Å². The lowest BCUT2D eigenvalue weighted by Crippen LogP contribution is -2.22. The van der Waals surface area contributed by atoms with Crippen molar-refractivity contribution in [2.45, 2.75) is 19.3 Å². The second-order valence-corrected chi connectivity index (χ2v) is 5.39. The first-order valence-electron chi connectivity index (χ1n) is 7.31. The van der Waals surface area contributed by atoms with E-state index in [0.717, 1.165) is 31.6 Å². The molecule has 0 fully saturated rings. The van der Waals surface area contributed by atoms with Crippen molar-refractivity contribution in [3.63, 3.8) is 0 Å². The van der Waals surface area contributed by atoms with Crippen LogP contribution in [0.3, 0.4) is 0 Å². The lowest BCUT2D eigenvalue weighted by molar-refractivity contribution is 0.333. The maximum Gasteiger partial charge on any atom is 0.0316 e. The third kappa shape index (κ3) is 5.06. The number of nitrogens with zero attached hydrogens (tertiary/aromatic N) is 1. The van der Waals surface area contributed by atoms with Crippen molar-refractivity contribution < 1.29 is 0 Å². The van der Waals surface area contributed by atoms with Gasteiger partial charge in [0, 0.05) is 12.2 Å². The molecule has 2 rings (SSSR count). The number of rotatable bonds is 7.